The van der Waals surface area contributed by atoms with Gasteiger partial charge in [-0.3, -0.25) is 9.97 Å². The summed E-state index contributed by atoms with van der Waals surface area (Å²) in [6.07, 6.45) is 3.28. The molecule has 6 heteroatoms. The van der Waals surface area contributed by atoms with Crippen LogP contribution in [0.15, 0.2) is 30.6 Å². The Balaban J connectivity index is 2.14. The minimum atomic E-state index is -0.928. The monoisotopic (exact) mass is 299 g/mol. The lowest BCUT2D eigenvalue weighted by atomic mass is 10.1. The molecule has 21 heavy (non-hydrogen) atoms. The molecule has 2 aromatic heterocycles. The molecular weight excluding hydrogens is 286 g/mol. The summed E-state index contributed by atoms with van der Waals surface area (Å²) in [7, 11) is 0. The Kier molecular flexibility index (Phi) is 3.39. The average molecular weight is 299 g/mol. The van der Waals surface area contributed by atoms with Crippen molar-refractivity contribution in [1.82, 2.24) is 15.0 Å². The lowest BCUT2D eigenvalue weighted by Crippen LogP contribution is -2.00. The van der Waals surface area contributed by atoms with Crippen molar-refractivity contribution in [1.29, 1.82) is 0 Å². The highest BCUT2D eigenvalue weighted by molar-refractivity contribution is 7.17. The summed E-state index contributed by atoms with van der Waals surface area (Å²) in [6, 6.07) is 5.65. The van der Waals surface area contributed by atoms with Crippen LogP contribution in [0.3, 0.4) is 0 Å². The van der Waals surface area contributed by atoms with Crippen LogP contribution in [0.2, 0.25) is 0 Å². The molecule has 3 rings (SSSR count). The Hall–Kier alpha value is -2.34. The predicted molar refractivity (Wildman–Crippen MR) is 81.7 cm³/mol. The molecule has 0 fully saturated rings. The summed E-state index contributed by atoms with van der Waals surface area (Å²) in [4.78, 5) is 24.6. The van der Waals surface area contributed by atoms with Crippen LogP contribution in [0.5, 0.6) is 0 Å². The van der Waals surface area contributed by atoms with Gasteiger partial charge in [-0.15, -0.1) is 11.3 Å². The first-order valence-electron chi connectivity index (χ1n) is 6.51. The van der Waals surface area contributed by atoms with Crippen LogP contribution >= 0.6 is 11.3 Å². The second-order valence-electron chi connectivity index (χ2n) is 4.95. The van der Waals surface area contributed by atoms with Crippen molar-refractivity contribution < 1.29 is 9.90 Å². The van der Waals surface area contributed by atoms with E-state index in [2.05, 4.69) is 15.0 Å². The molecule has 5 nitrogen and oxygen atoms in total. The van der Waals surface area contributed by atoms with Crippen LogP contribution in [0.1, 0.15) is 35.1 Å². The standard InChI is InChI=1S/C15H13N3O2S/c1-8(2)12-13(15(19)20)21-14(18-12)9-3-4-10-11(7-9)17-6-5-16-10/h3-8H,1-2H3,(H,19,20). The zero-order valence-electron chi connectivity index (χ0n) is 11.6. The molecule has 1 N–H and O–H groups in total. The third-order valence-corrected chi connectivity index (χ3v) is 4.22. The normalized spacial score (nSPS) is 11.2. The van der Waals surface area contributed by atoms with Gasteiger partial charge in [0.25, 0.3) is 0 Å². The van der Waals surface area contributed by atoms with Crippen molar-refractivity contribution in [3.63, 3.8) is 0 Å². The Bertz CT molecular complexity index is 827. The van der Waals surface area contributed by atoms with E-state index in [1.54, 1.807) is 12.4 Å². The largest absolute Gasteiger partial charge is 0.477 e. The molecule has 0 bridgehead atoms. The fourth-order valence-electron chi connectivity index (χ4n) is 2.10. The number of benzene rings is 1. The Morgan fingerprint density at radius 3 is 2.52 bits per heavy atom. The molecule has 0 aliphatic rings. The summed E-state index contributed by atoms with van der Waals surface area (Å²) in [5.74, 6) is -0.857. The topological polar surface area (TPSA) is 76.0 Å². The van der Waals surface area contributed by atoms with Crippen LogP contribution in [0.25, 0.3) is 21.6 Å². The highest BCUT2D eigenvalue weighted by atomic mass is 32.1. The molecular formula is C15H13N3O2S. The maximum absolute atomic E-state index is 11.3. The van der Waals surface area contributed by atoms with Gasteiger partial charge in [0.15, 0.2) is 0 Å². The van der Waals surface area contributed by atoms with Gasteiger partial charge in [0, 0.05) is 18.0 Å². The molecule has 0 amide bonds. The van der Waals surface area contributed by atoms with Gasteiger partial charge in [0.05, 0.1) is 16.7 Å². The Morgan fingerprint density at radius 1 is 1.19 bits per heavy atom. The third kappa shape index (κ3) is 2.50. The lowest BCUT2D eigenvalue weighted by molar-refractivity contribution is 0.0700. The van der Waals surface area contributed by atoms with Crippen molar-refractivity contribution in [2.24, 2.45) is 0 Å². The highest BCUT2D eigenvalue weighted by Gasteiger charge is 2.20. The molecule has 0 saturated carbocycles. The summed E-state index contributed by atoms with van der Waals surface area (Å²) in [5.41, 5.74) is 3.07. The van der Waals surface area contributed by atoms with Crippen molar-refractivity contribution in [3.05, 3.63) is 41.2 Å². The van der Waals surface area contributed by atoms with Gasteiger partial charge in [0.1, 0.15) is 9.88 Å². The molecule has 106 valence electrons. The SMILES string of the molecule is CC(C)c1nc(-c2ccc3nccnc3c2)sc1C(=O)O. The number of aromatic carboxylic acids is 1. The van der Waals surface area contributed by atoms with E-state index in [9.17, 15) is 9.90 Å². The number of nitrogens with zero attached hydrogens (tertiary/aromatic N) is 3. The molecule has 0 unspecified atom stereocenters. The van der Waals surface area contributed by atoms with Gasteiger partial charge in [0.2, 0.25) is 0 Å². The number of hydrogen-bond donors (Lipinski definition) is 1. The Labute approximate surface area is 125 Å². The second-order valence-corrected chi connectivity index (χ2v) is 5.95. The van der Waals surface area contributed by atoms with Crippen LogP contribution in [0, 0.1) is 0 Å². The van der Waals surface area contributed by atoms with Gasteiger partial charge in [-0.25, -0.2) is 9.78 Å². The second kappa shape index (κ2) is 5.21. The van der Waals surface area contributed by atoms with Crippen LogP contribution in [0.4, 0.5) is 0 Å². The number of carbonyl (C=O) groups is 1. The Morgan fingerprint density at radius 2 is 1.90 bits per heavy atom. The van der Waals surface area contributed by atoms with E-state index in [0.29, 0.717) is 15.6 Å². The molecule has 0 aliphatic heterocycles. The molecule has 0 saturated heterocycles. The van der Waals surface area contributed by atoms with E-state index in [4.69, 9.17) is 0 Å². The van der Waals surface area contributed by atoms with Crippen molar-refractivity contribution in [2.45, 2.75) is 19.8 Å². The van der Waals surface area contributed by atoms with Gasteiger partial charge in [-0.05, 0) is 24.1 Å². The summed E-state index contributed by atoms with van der Waals surface area (Å²) >= 11 is 1.20. The third-order valence-electron chi connectivity index (χ3n) is 3.11. The van der Waals surface area contributed by atoms with Crippen LogP contribution < -0.4 is 0 Å². The van der Waals surface area contributed by atoms with Crippen molar-refractivity contribution in [3.8, 4) is 10.6 Å². The molecule has 0 aliphatic carbocycles. The van der Waals surface area contributed by atoms with E-state index in [-0.39, 0.29) is 5.92 Å². The van der Waals surface area contributed by atoms with Crippen LogP contribution in [-0.4, -0.2) is 26.0 Å². The lowest BCUT2D eigenvalue weighted by Gasteiger charge is -2.01. The minimum absolute atomic E-state index is 0.0707. The minimum Gasteiger partial charge on any atom is -0.477 e. The zero-order valence-corrected chi connectivity index (χ0v) is 12.4. The first-order chi connectivity index (χ1) is 10.1. The van der Waals surface area contributed by atoms with Crippen LogP contribution in [-0.2, 0) is 0 Å². The highest BCUT2D eigenvalue weighted by Crippen LogP contribution is 2.32. The smallest absolute Gasteiger partial charge is 0.347 e. The van der Waals surface area contributed by atoms with Gasteiger partial charge in [-0.1, -0.05) is 13.8 Å². The van der Waals surface area contributed by atoms with E-state index in [0.717, 1.165) is 16.6 Å². The zero-order chi connectivity index (χ0) is 15.0. The fourth-order valence-corrected chi connectivity index (χ4v) is 3.15. The number of carboxylic acid groups (broad SMARTS) is 1. The van der Waals surface area contributed by atoms with E-state index in [1.165, 1.54) is 11.3 Å². The van der Waals surface area contributed by atoms with E-state index < -0.39 is 5.97 Å². The van der Waals surface area contributed by atoms with Gasteiger partial charge in [-0.2, -0.15) is 0 Å². The van der Waals surface area contributed by atoms with Gasteiger partial charge < -0.3 is 5.11 Å². The van der Waals surface area contributed by atoms with E-state index in [1.807, 2.05) is 32.0 Å². The van der Waals surface area contributed by atoms with Gasteiger partial charge >= 0.3 is 5.97 Å². The molecule has 2 heterocycles. The number of fused-ring (bicyclic) bond motifs is 1. The molecule has 0 atom stereocenters. The predicted octanol–water partition coefficient (Wildman–Crippen LogP) is 3.57. The average Bonchev–Trinajstić information content (AvgIpc) is 2.92. The molecule has 0 spiro atoms. The van der Waals surface area contributed by atoms with E-state index >= 15 is 0 Å². The van der Waals surface area contributed by atoms with Crippen molar-refractivity contribution >= 4 is 28.3 Å². The molecule has 1 aromatic carbocycles. The maximum Gasteiger partial charge on any atom is 0.347 e. The number of aromatic nitrogens is 3. The number of hydrogen-bond acceptors (Lipinski definition) is 5. The molecule has 3 aromatic rings. The first kappa shape index (κ1) is 13.6. The number of carboxylic acids is 1. The number of thiazole rings is 1. The fraction of sp³-hybridized carbons (Fsp3) is 0.200. The maximum atomic E-state index is 11.3. The summed E-state index contributed by atoms with van der Waals surface area (Å²) in [5, 5.41) is 9.99. The number of rotatable bonds is 3. The van der Waals surface area contributed by atoms with Crippen molar-refractivity contribution in [2.75, 3.05) is 0 Å². The molecule has 0 radical (unpaired) electrons. The summed E-state index contributed by atoms with van der Waals surface area (Å²) in [6.45, 7) is 3.88. The summed E-state index contributed by atoms with van der Waals surface area (Å²) < 4.78 is 0. The first-order valence-corrected chi connectivity index (χ1v) is 7.33. The quantitative estimate of drug-likeness (QED) is 0.800.